The molecule has 5 aliphatic rings. The van der Waals surface area contributed by atoms with Crippen LogP contribution in [0.5, 0.6) is 5.88 Å². The van der Waals surface area contributed by atoms with Crippen molar-refractivity contribution >= 4 is 12.6 Å². The first-order valence-corrected chi connectivity index (χ1v) is 12.1. The van der Waals surface area contributed by atoms with Crippen molar-refractivity contribution in [1.29, 1.82) is 0 Å². The predicted molar refractivity (Wildman–Crippen MR) is 117 cm³/mol. The second-order valence-corrected chi connectivity index (χ2v) is 10.5. The third-order valence-electron chi connectivity index (χ3n) is 8.10. The van der Waals surface area contributed by atoms with Gasteiger partial charge in [-0.2, -0.15) is 5.10 Å². The van der Waals surface area contributed by atoms with Gasteiger partial charge in [0.15, 0.2) is 0 Å². The van der Waals surface area contributed by atoms with Crippen LogP contribution in [0.2, 0.25) is 0 Å². The standard InChI is InChI=1S/C24H36N4O2/c1-25-7-8-28-23(30-16-17-5-3-2-4-6-17)21(15-26-28)22(29)27-24-12-18-9-19(13-24)11-20(10-18)14-24/h15,17-20H,1-14,16H2,(H,27,29). The fraction of sp³-hybridized carbons (Fsp3) is 0.792. The van der Waals surface area contributed by atoms with Gasteiger partial charge < -0.3 is 10.1 Å². The fourth-order valence-electron chi connectivity index (χ4n) is 7.13. The van der Waals surface area contributed by atoms with Gasteiger partial charge in [-0.05, 0) is 81.8 Å². The number of aliphatic imine (C=N–C) groups is 1. The Morgan fingerprint density at radius 3 is 2.47 bits per heavy atom. The summed E-state index contributed by atoms with van der Waals surface area (Å²) in [6.45, 7) is 5.41. The van der Waals surface area contributed by atoms with Crippen molar-refractivity contribution in [2.75, 3.05) is 13.2 Å². The zero-order chi connectivity index (χ0) is 20.6. The lowest BCUT2D eigenvalue weighted by Gasteiger charge is -2.56. The summed E-state index contributed by atoms with van der Waals surface area (Å²) in [4.78, 5) is 17.4. The van der Waals surface area contributed by atoms with Gasteiger partial charge >= 0.3 is 0 Å². The molecule has 1 aromatic heterocycles. The van der Waals surface area contributed by atoms with Crippen LogP contribution in [-0.2, 0) is 6.54 Å². The molecule has 164 valence electrons. The van der Waals surface area contributed by atoms with E-state index in [0.717, 1.165) is 37.0 Å². The van der Waals surface area contributed by atoms with Crippen LogP contribution in [0.25, 0.3) is 0 Å². The number of rotatable bonds is 8. The fourth-order valence-corrected chi connectivity index (χ4v) is 7.13. The highest BCUT2D eigenvalue weighted by atomic mass is 16.5. The number of nitrogens with one attached hydrogen (secondary N) is 1. The molecule has 6 heteroatoms. The molecule has 0 unspecified atom stereocenters. The van der Waals surface area contributed by atoms with Gasteiger partial charge in [0.1, 0.15) is 5.56 Å². The monoisotopic (exact) mass is 412 g/mol. The van der Waals surface area contributed by atoms with Crippen LogP contribution in [-0.4, -0.2) is 41.1 Å². The highest BCUT2D eigenvalue weighted by Gasteiger charge is 2.51. The molecule has 4 bridgehead atoms. The molecule has 0 aliphatic heterocycles. The van der Waals surface area contributed by atoms with Crippen molar-refractivity contribution in [3.8, 4) is 5.88 Å². The van der Waals surface area contributed by atoms with Crippen LogP contribution >= 0.6 is 0 Å². The number of hydrogen-bond donors (Lipinski definition) is 1. The van der Waals surface area contributed by atoms with E-state index in [0.29, 0.717) is 37.1 Å². The van der Waals surface area contributed by atoms with Crippen molar-refractivity contribution in [2.45, 2.75) is 82.7 Å². The summed E-state index contributed by atoms with van der Waals surface area (Å²) in [5, 5.41) is 7.96. The van der Waals surface area contributed by atoms with Crippen molar-refractivity contribution in [3.63, 3.8) is 0 Å². The summed E-state index contributed by atoms with van der Waals surface area (Å²) < 4.78 is 8.06. The average Bonchev–Trinajstić information content (AvgIpc) is 3.13. The zero-order valence-corrected chi connectivity index (χ0v) is 18.2. The number of carbonyl (C=O) groups is 1. The molecule has 0 saturated heterocycles. The molecular formula is C24H36N4O2. The molecule has 1 aromatic rings. The van der Waals surface area contributed by atoms with Crippen LogP contribution in [0, 0.1) is 23.7 Å². The predicted octanol–water partition coefficient (Wildman–Crippen LogP) is 4.24. The number of aromatic nitrogens is 2. The third kappa shape index (κ3) is 4.02. The molecule has 1 heterocycles. The van der Waals surface area contributed by atoms with Crippen LogP contribution in [0.1, 0.15) is 81.0 Å². The minimum Gasteiger partial charge on any atom is -0.477 e. The second-order valence-electron chi connectivity index (χ2n) is 10.5. The largest absolute Gasteiger partial charge is 0.477 e. The normalized spacial score (nSPS) is 32.9. The summed E-state index contributed by atoms with van der Waals surface area (Å²) >= 11 is 0. The first kappa shape index (κ1) is 20.1. The lowest BCUT2D eigenvalue weighted by molar-refractivity contribution is -0.0167. The Balaban J connectivity index is 1.31. The smallest absolute Gasteiger partial charge is 0.258 e. The summed E-state index contributed by atoms with van der Waals surface area (Å²) in [6, 6.07) is 0. The van der Waals surface area contributed by atoms with Crippen LogP contribution in [0.4, 0.5) is 0 Å². The Kier molecular flexibility index (Phi) is 5.59. The Morgan fingerprint density at radius 1 is 1.17 bits per heavy atom. The third-order valence-corrected chi connectivity index (χ3v) is 8.10. The number of carbonyl (C=O) groups excluding carboxylic acids is 1. The molecule has 1 N–H and O–H groups in total. The maximum Gasteiger partial charge on any atom is 0.258 e. The first-order valence-electron chi connectivity index (χ1n) is 12.1. The van der Waals surface area contributed by atoms with Gasteiger partial charge in [-0.25, -0.2) is 4.68 Å². The van der Waals surface area contributed by atoms with Crippen molar-refractivity contribution < 1.29 is 9.53 Å². The van der Waals surface area contributed by atoms with Gasteiger partial charge in [-0.3, -0.25) is 9.79 Å². The van der Waals surface area contributed by atoms with Crippen LogP contribution in [0.3, 0.4) is 0 Å². The van der Waals surface area contributed by atoms with E-state index in [1.54, 1.807) is 10.9 Å². The zero-order valence-electron chi connectivity index (χ0n) is 18.2. The summed E-state index contributed by atoms with van der Waals surface area (Å²) in [6.07, 6.45) is 15.6. The van der Waals surface area contributed by atoms with Gasteiger partial charge in [-0.1, -0.05) is 19.3 Å². The van der Waals surface area contributed by atoms with E-state index in [2.05, 4.69) is 22.1 Å². The lowest BCUT2D eigenvalue weighted by atomic mass is 9.53. The Labute approximate surface area is 179 Å². The number of hydrogen-bond acceptors (Lipinski definition) is 4. The maximum atomic E-state index is 13.4. The van der Waals surface area contributed by atoms with E-state index in [9.17, 15) is 4.79 Å². The first-order chi connectivity index (χ1) is 14.6. The SMILES string of the molecule is C=NCCn1ncc(C(=O)NC23CC4CC(CC(C4)C2)C3)c1OCC1CCCCC1. The highest BCUT2D eigenvalue weighted by molar-refractivity contribution is 5.96. The van der Waals surface area contributed by atoms with Gasteiger partial charge in [-0.15, -0.1) is 0 Å². The van der Waals surface area contributed by atoms with Gasteiger partial charge in [0.25, 0.3) is 5.91 Å². The molecule has 30 heavy (non-hydrogen) atoms. The van der Waals surface area contributed by atoms with Gasteiger partial charge in [0.2, 0.25) is 5.88 Å². The lowest BCUT2D eigenvalue weighted by Crippen LogP contribution is -2.59. The van der Waals surface area contributed by atoms with Crippen LogP contribution < -0.4 is 10.1 Å². The van der Waals surface area contributed by atoms with Gasteiger partial charge in [0, 0.05) is 5.54 Å². The number of ether oxygens (including phenoxy) is 1. The van der Waals surface area contributed by atoms with E-state index >= 15 is 0 Å². The molecule has 0 aromatic carbocycles. The van der Waals surface area contributed by atoms with Crippen molar-refractivity contribution in [2.24, 2.45) is 28.7 Å². The molecule has 5 fully saturated rings. The Hall–Kier alpha value is -1.85. The van der Waals surface area contributed by atoms with Crippen molar-refractivity contribution in [1.82, 2.24) is 15.1 Å². The number of amides is 1. The molecule has 6 nitrogen and oxygen atoms in total. The molecule has 0 atom stereocenters. The molecule has 6 rings (SSSR count). The van der Waals surface area contributed by atoms with Gasteiger partial charge in [0.05, 0.1) is 25.9 Å². The second kappa shape index (κ2) is 8.35. The summed E-state index contributed by atoms with van der Waals surface area (Å²) in [7, 11) is 0. The maximum absolute atomic E-state index is 13.4. The van der Waals surface area contributed by atoms with E-state index in [1.165, 1.54) is 51.4 Å². The highest BCUT2D eigenvalue weighted by Crippen LogP contribution is 2.55. The minimum atomic E-state index is -0.00611. The van der Waals surface area contributed by atoms with E-state index in [4.69, 9.17) is 4.74 Å². The van der Waals surface area contributed by atoms with E-state index in [-0.39, 0.29) is 11.4 Å². The van der Waals surface area contributed by atoms with Crippen molar-refractivity contribution in [3.05, 3.63) is 11.8 Å². The molecule has 0 spiro atoms. The van der Waals surface area contributed by atoms with E-state index < -0.39 is 0 Å². The quantitative estimate of drug-likeness (QED) is 0.649. The molecule has 5 saturated carbocycles. The molecule has 1 amide bonds. The average molecular weight is 413 g/mol. The van der Waals surface area contributed by atoms with E-state index in [1.807, 2.05) is 0 Å². The molecule has 5 aliphatic carbocycles. The Bertz CT molecular complexity index is 745. The minimum absolute atomic E-state index is 0.00273. The number of nitrogens with zero attached hydrogens (tertiary/aromatic N) is 3. The molecular weight excluding hydrogens is 376 g/mol. The Morgan fingerprint density at radius 2 is 1.83 bits per heavy atom. The molecule has 0 radical (unpaired) electrons. The van der Waals surface area contributed by atoms with Crippen LogP contribution in [0.15, 0.2) is 11.2 Å². The topological polar surface area (TPSA) is 68.5 Å². The summed E-state index contributed by atoms with van der Waals surface area (Å²) in [5.74, 6) is 3.61. The summed E-state index contributed by atoms with van der Waals surface area (Å²) in [5.41, 5.74) is 0.586.